The normalized spacial score (nSPS) is 10.6. The van der Waals surface area contributed by atoms with Crippen molar-refractivity contribution < 1.29 is 28.5 Å². The summed E-state index contributed by atoms with van der Waals surface area (Å²) in [4.78, 5) is 25.5. The van der Waals surface area contributed by atoms with Crippen LogP contribution in [0.5, 0.6) is 17.2 Å². The maximum atomic E-state index is 13.1. The van der Waals surface area contributed by atoms with E-state index in [2.05, 4.69) is 0 Å². The molecule has 7 nitrogen and oxygen atoms in total. The SMILES string of the molecule is CCOC(=O)c1oc2cc(O)ccc2c(=O)c1-c1ccc(OC)c(OC)c1. The van der Waals surface area contributed by atoms with Crippen molar-refractivity contribution in [3.63, 3.8) is 0 Å². The van der Waals surface area contributed by atoms with Gasteiger partial charge in [0.25, 0.3) is 0 Å². The van der Waals surface area contributed by atoms with Gasteiger partial charge in [0.15, 0.2) is 11.5 Å². The highest BCUT2D eigenvalue weighted by Gasteiger charge is 2.24. The van der Waals surface area contributed by atoms with Gasteiger partial charge in [-0.25, -0.2) is 4.79 Å². The van der Waals surface area contributed by atoms with E-state index in [0.29, 0.717) is 17.1 Å². The van der Waals surface area contributed by atoms with E-state index in [1.165, 1.54) is 32.4 Å². The van der Waals surface area contributed by atoms with Crippen molar-refractivity contribution in [2.75, 3.05) is 20.8 Å². The number of hydrogen-bond donors (Lipinski definition) is 1. The quantitative estimate of drug-likeness (QED) is 0.688. The maximum Gasteiger partial charge on any atom is 0.375 e. The molecule has 0 saturated carbocycles. The molecule has 3 rings (SSSR count). The van der Waals surface area contributed by atoms with Crippen LogP contribution in [-0.4, -0.2) is 31.9 Å². The lowest BCUT2D eigenvalue weighted by molar-refractivity contribution is 0.0492. The first-order chi connectivity index (χ1) is 13.0. The van der Waals surface area contributed by atoms with Crippen molar-refractivity contribution >= 4 is 16.9 Å². The standard InChI is InChI=1S/C20H18O7/c1-4-26-20(23)19-17(11-5-8-14(24-2)16(9-11)25-3)18(22)13-7-6-12(21)10-15(13)27-19/h5-10,21H,4H2,1-3H3. The van der Waals surface area contributed by atoms with Gasteiger partial charge in [-0.3, -0.25) is 4.79 Å². The summed E-state index contributed by atoms with van der Waals surface area (Å²) < 4.78 is 21.2. The van der Waals surface area contributed by atoms with Crippen LogP contribution in [0.25, 0.3) is 22.1 Å². The van der Waals surface area contributed by atoms with E-state index in [1.54, 1.807) is 25.1 Å². The Labute approximate surface area is 154 Å². The molecule has 0 unspecified atom stereocenters. The molecule has 0 aliphatic rings. The van der Waals surface area contributed by atoms with Crippen molar-refractivity contribution in [2.45, 2.75) is 6.92 Å². The number of carbonyl (C=O) groups excluding carboxylic acids is 1. The Morgan fingerprint density at radius 1 is 1.07 bits per heavy atom. The Morgan fingerprint density at radius 3 is 2.48 bits per heavy atom. The molecule has 7 heteroatoms. The van der Waals surface area contributed by atoms with Crippen molar-refractivity contribution in [3.05, 3.63) is 52.4 Å². The first-order valence-electron chi connectivity index (χ1n) is 8.19. The molecule has 27 heavy (non-hydrogen) atoms. The lowest BCUT2D eigenvalue weighted by Crippen LogP contribution is -2.15. The van der Waals surface area contributed by atoms with Crippen LogP contribution in [0.15, 0.2) is 45.6 Å². The van der Waals surface area contributed by atoms with Crippen LogP contribution < -0.4 is 14.9 Å². The first kappa shape index (κ1) is 18.3. The van der Waals surface area contributed by atoms with E-state index in [9.17, 15) is 14.7 Å². The molecule has 140 valence electrons. The molecule has 0 amide bonds. The van der Waals surface area contributed by atoms with E-state index in [-0.39, 0.29) is 34.6 Å². The summed E-state index contributed by atoms with van der Waals surface area (Å²) in [5.74, 6) is -0.222. The van der Waals surface area contributed by atoms with Crippen LogP contribution in [0.3, 0.4) is 0 Å². The summed E-state index contributed by atoms with van der Waals surface area (Å²) in [5.41, 5.74) is 0.130. The molecule has 0 bridgehead atoms. The Kier molecular flexibility index (Phi) is 5.03. The summed E-state index contributed by atoms with van der Waals surface area (Å²) in [6.45, 7) is 1.77. The molecule has 0 fully saturated rings. The van der Waals surface area contributed by atoms with Gasteiger partial charge >= 0.3 is 5.97 Å². The topological polar surface area (TPSA) is 95.2 Å². The molecule has 0 spiro atoms. The van der Waals surface area contributed by atoms with Gasteiger partial charge in [0.05, 0.1) is 31.8 Å². The molecule has 0 radical (unpaired) electrons. The van der Waals surface area contributed by atoms with Crippen LogP contribution in [0.1, 0.15) is 17.5 Å². The van der Waals surface area contributed by atoms with Crippen molar-refractivity contribution in [1.29, 1.82) is 0 Å². The number of rotatable bonds is 5. The van der Waals surface area contributed by atoms with Crippen LogP contribution in [0.2, 0.25) is 0 Å². The number of benzene rings is 2. The second-order valence-electron chi connectivity index (χ2n) is 5.61. The third-order valence-corrected chi connectivity index (χ3v) is 4.01. The van der Waals surface area contributed by atoms with Gasteiger partial charge < -0.3 is 23.7 Å². The second kappa shape index (κ2) is 7.41. The number of ether oxygens (including phenoxy) is 3. The van der Waals surface area contributed by atoms with Crippen molar-refractivity contribution in [3.8, 4) is 28.4 Å². The van der Waals surface area contributed by atoms with Gasteiger partial charge in [0.1, 0.15) is 11.3 Å². The lowest BCUT2D eigenvalue weighted by atomic mass is 10.0. The second-order valence-corrected chi connectivity index (χ2v) is 5.61. The Morgan fingerprint density at radius 2 is 1.81 bits per heavy atom. The highest BCUT2D eigenvalue weighted by atomic mass is 16.5. The number of hydrogen-bond acceptors (Lipinski definition) is 7. The zero-order chi connectivity index (χ0) is 19.6. The van der Waals surface area contributed by atoms with Crippen LogP contribution in [0.4, 0.5) is 0 Å². The summed E-state index contributed by atoms with van der Waals surface area (Å²) in [6, 6.07) is 8.93. The van der Waals surface area contributed by atoms with Crippen LogP contribution in [-0.2, 0) is 4.74 Å². The first-order valence-corrected chi connectivity index (χ1v) is 8.19. The van der Waals surface area contributed by atoms with E-state index in [1.807, 2.05) is 0 Å². The van der Waals surface area contributed by atoms with Crippen LogP contribution in [0, 0.1) is 0 Å². The van der Waals surface area contributed by atoms with Gasteiger partial charge in [-0.15, -0.1) is 0 Å². The highest BCUT2D eigenvalue weighted by Crippen LogP contribution is 2.34. The van der Waals surface area contributed by atoms with Gasteiger partial charge in [0.2, 0.25) is 11.2 Å². The molecular weight excluding hydrogens is 352 g/mol. The fraction of sp³-hybridized carbons (Fsp3) is 0.200. The minimum Gasteiger partial charge on any atom is -0.508 e. The minimum atomic E-state index is -0.773. The van der Waals surface area contributed by atoms with E-state index in [4.69, 9.17) is 18.6 Å². The van der Waals surface area contributed by atoms with E-state index in [0.717, 1.165) is 0 Å². The Hall–Kier alpha value is -3.48. The fourth-order valence-corrected chi connectivity index (χ4v) is 2.78. The number of esters is 1. The fourth-order valence-electron chi connectivity index (χ4n) is 2.78. The third kappa shape index (κ3) is 3.31. The van der Waals surface area contributed by atoms with Gasteiger partial charge in [0, 0.05) is 6.07 Å². The summed E-state index contributed by atoms with van der Waals surface area (Å²) in [5, 5.41) is 9.89. The molecule has 1 heterocycles. The van der Waals surface area contributed by atoms with Gasteiger partial charge in [-0.1, -0.05) is 6.07 Å². The molecule has 3 aromatic rings. The molecule has 0 aliphatic carbocycles. The average Bonchev–Trinajstić information content (AvgIpc) is 2.67. The zero-order valence-corrected chi connectivity index (χ0v) is 15.1. The lowest BCUT2D eigenvalue weighted by Gasteiger charge is -2.12. The van der Waals surface area contributed by atoms with Gasteiger partial charge in [-0.2, -0.15) is 0 Å². The van der Waals surface area contributed by atoms with Gasteiger partial charge in [-0.05, 0) is 36.8 Å². The molecular formula is C20H18O7. The van der Waals surface area contributed by atoms with Crippen molar-refractivity contribution in [2.24, 2.45) is 0 Å². The largest absolute Gasteiger partial charge is 0.508 e. The summed E-state index contributed by atoms with van der Waals surface area (Å²) in [7, 11) is 2.97. The predicted octanol–water partition coefficient (Wildman–Crippen LogP) is 3.36. The number of methoxy groups -OCH3 is 2. The zero-order valence-electron chi connectivity index (χ0n) is 15.1. The number of carbonyl (C=O) groups is 1. The van der Waals surface area contributed by atoms with E-state index >= 15 is 0 Å². The van der Waals surface area contributed by atoms with Crippen molar-refractivity contribution in [1.82, 2.24) is 0 Å². The van der Waals surface area contributed by atoms with Crippen LogP contribution >= 0.6 is 0 Å². The Balaban J connectivity index is 2.34. The minimum absolute atomic E-state index is 0.0487. The Bertz CT molecular complexity index is 1070. The number of aromatic hydroxyl groups is 1. The monoisotopic (exact) mass is 370 g/mol. The predicted molar refractivity (Wildman–Crippen MR) is 98.6 cm³/mol. The molecule has 0 saturated heterocycles. The number of phenolic OH excluding ortho intramolecular Hbond substituents is 1. The highest BCUT2D eigenvalue weighted by molar-refractivity contribution is 5.98. The third-order valence-electron chi connectivity index (χ3n) is 4.01. The molecule has 2 aromatic carbocycles. The molecule has 1 aromatic heterocycles. The number of fused-ring (bicyclic) bond motifs is 1. The summed E-state index contributed by atoms with van der Waals surface area (Å²) in [6.07, 6.45) is 0. The number of phenols is 1. The van der Waals surface area contributed by atoms with E-state index < -0.39 is 11.4 Å². The smallest absolute Gasteiger partial charge is 0.375 e. The molecule has 1 N–H and O–H groups in total. The maximum absolute atomic E-state index is 13.1. The average molecular weight is 370 g/mol. The molecule has 0 atom stereocenters. The molecule has 0 aliphatic heterocycles. The summed E-state index contributed by atoms with van der Waals surface area (Å²) >= 11 is 0.